The normalized spacial score (nSPS) is 10.4. The molecule has 0 unspecified atom stereocenters. The molecule has 1 N–H and O–H groups in total. The van der Waals surface area contributed by atoms with Gasteiger partial charge in [-0.3, -0.25) is 4.79 Å². The minimum atomic E-state index is -0.791. The van der Waals surface area contributed by atoms with Crippen molar-refractivity contribution in [2.45, 2.75) is 18.0 Å². The number of rotatable bonds is 7. The molecule has 0 saturated heterocycles. The van der Waals surface area contributed by atoms with Crippen LogP contribution in [-0.2, 0) is 4.79 Å². The maximum absolute atomic E-state index is 10.4. The highest BCUT2D eigenvalue weighted by Gasteiger charge is 2.09. The van der Waals surface area contributed by atoms with Gasteiger partial charge in [0.25, 0.3) is 0 Å². The Balaban J connectivity index is 2.01. The maximum atomic E-state index is 10.4. The molecule has 0 fully saturated rings. The molecule has 2 rings (SSSR count). The lowest BCUT2D eigenvalue weighted by atomic mass is 10.3. The topological polar surface area (TPSA) is 90.1 Å². The van der Waals surface area contributed by atoms with Crippen molar-refractivity contribution in [1.82, 2.24) is 20.2 Å². The van der Waals surface area contributed by atoms with E-state index in [1.54, 1.807) is 11.8 Å². The van der Waals surface area contributed by atoms with Gasteiger partial charge in [0, 0.05) is 12.2 Å². The van der Waals surface area contributed by atoms with Gasteiger partial charge in [-0.1, -0.05) is 11.8 Å². The molecule has 2 aromatic rings. The Hall–Kier alpha value is -2.09. The molecule has 1 aromatic heterocycles. The second-order valence-electron chi connectivity index (χ2n) is 3.92. The summed E-state index contributed by atoms with van der Waals surface area (Å²) in [7, 11) is 1.61. The molecule has 0 amide bonds. The van der Waals surface area contributed by atoms with E-state index in [1.165, 1.54) is 11.8 Å². The van der Waals surface area contributed by atoms with Gasteiger partial charge in [-0.2, -0.15) is 4.68 Å². The number of hydrogen-bond donors (Lipinski definition) is 1. The van der Waals surface area contributed by atoms with E-state index in [0.29, 0.717) is 17.3 Å². The van der Waals surface area contributed by atoms with Crippen LogP contribution in [0.2, 0.25) is 0 Å². The van der Waals surface area contributed by atoms with Gasteiger partial charge in [0.15, 0.2) is 0 Å². The van der Waals surface area contributed by atoms with Crippen LogP contribution in [0.1, 0.15) is 12.8 Å². The number of methoxy groups -OCH3 is 1. The van der Waals surface area contributed by atoms with Crippen LogP contribution in [0.15, 0.2) is 29.4 Å². The van der Waals surface area contributed by atoms with Gasteiger partial charge < -0.3 is 9.84 Å². The minimum absolute atomic E-state index is 0.150. The zero-order valence-electron chi connectivity index (χ0n) is 10.9. The summed E-state index contributed by atoms with van der Waals surface area (Å²) in [6, 6.07) is 7.37. The van der Waals surface area contributed by atoms with Crippen molar-refractivity contribution in [2.75, 3.05) is 12.9 Å². The predicted octanol–water partition coefficient (Wildman–Crippen LogP) is 1.63. The van der Waals surface area contributed by atoms with Crippen molar-refractivity contribution in [1.29, 1.82) is 0 Å². The van der Waals surface area contributed by atoms with Crippen molar-refractivity contribution in [3.05, 3.63) is 24.3 Å². The van der Waals surface area contributed by atoms with Crippen LogP contribution in [0.5, 0.6) is 5.75 Å². The summed E-state index contributed by atoms with van der Waals surface area (Å²) in [6.45, 7) is 0. The maximum Gasteiger partial charge on any atom is 0.303 e. The van der Waals surface area contributed by atoms with E-state index in [1.807, 2.05) is 24.3 Å². The average molecular weight is 294 g/mol. The number of thioether (sulfide) groups is 1. The Morgan fingerprint density at radius 1 is 1.40 bits per heavy atom. The first-order valence-electron chi connectivity index (χ1n) is 5.98. The van der Waals surface area contributed by atoms with Gasteiger partial charge >= 0.3 is 5.97 Å². The molecule has 0 aliphatic heterocycles. The largest absolute Gasteiger partial charge is 0.497 e. The number of aliphatic carboxylic acids is 1. The lowest BCUT2D eigenvalue weighted by molar-refractivity contribution is -0.137. The Morgan fingerprint density at radius 3 is 2.80 bits per heavy atom. The van der Waals surface area contributed by atoms with E-state index in [0.717, 1.165) is 11.4 Å². The number of ether oxygens (including phenoxy) is 1. The monoisotopic (exact) mass is 294 g/mol. The fourth-order valence-corrected chi connectivity index (χ4v) is 2.37. The summed E-state index contributed by atoms with van der Waals surface area (Å²) in [5.74, 6) is 0.626. The third-order valence-electron chi connectivity index (χ3n) is 2.52. The molecule has 7 nitrogen and oxygen atoms in total. The van der Waals surface area contributed by atoms with E-state index in [4.69, 9.17) is 9.84 Å². The molecular formula is C12H14N4O3S. The quantitative estimate of drug-likeness (QED) is 0.613. The average Bonchev–Trinajstić information content (AvgIpc) is 2.92. The molecule has 0 radical (unpaired) electrons. The number of nitrogens with zero attached hydrogens (tertiary/aromatic N) is 4. The number of carboxylic acids is 1. The van der Waals surface area contributed by atoms with Crippen molar-refractivity contribution >= 4 is 17.7 Å². The van der Waals surface area contributed by atoms with Crippen LogP contribution in [0.3, 0.4) is 0 Å². The zero-order valence-corrected chi connectivity index (χ0v) is 11.7. The molecule has 1 heterocycles. The van der Waals surface area contributed by atoms with Crippen LogP contribution < -0.4 is 4.74 Å². The standard InChI is InChI=1S/C12H14N4O3S/c1-19-10-6-4-9(5-7-10)16-12(13-14-15-16)20-8-2-3-11(17)18/h4-7H,2-3,8H2,1H3,(H,17,18). The molecule has 0 aliphatic rings. The molecule has 0 saturated carbocycles. The number of tetrazole rings is 1. The number of hydrogen-bond acceptors (Lipinski definition) is 6. The van der Waals surface area contributed by atoms with E-state index in [-0.39, 0.29) is 6.42 Å². The zero-order chi connectivity index (χ0) is 14.4. The molecule has 20 heavy (non-hydrogen) atoms. The highest BCUT2D eigenvalue weighted by Crippen LogP contribution is 2.21. The highest BCUT2D eigenvalue weighted by atomic mass is 32.2. The Kier molecular flexibility index (Phi) is 4.94. The van der Waals surface area contributed by atoms with Gasteiger partial charge in [-0.25, -0.2) is 0 Å². The van der Waals surface area contributed by atoms with Gasteiger partial charge in [0.1, 0.15) is 5.75 Å². The number of aromatic nitrogens is 4. The molecule has 0 spiro atoms. The molecule has 1 aromatic carbocycles. The lowest BCUT2D eigenvalue weighted by Crippen LogP contribution is -2.00. The molecular weight excluding hydrogens is 280 g/mol. The van der Waals surface area contributed by atoms with Crippen LogP contribution in [0.4, 0.5) is 0 Å². The van der Waals surface area contributed by atoms with Crippen molar-refractivity contribution < 1.29 is 14.6 Å². The second-order valence-corrected chi connectivity index (χ2v) is 4.98. The summed E-state index contributed by atoms with van der Waals surface area (Å²) in [5, 5.41) is 20.7. The first kappa shape index (κ1) is 14.3. The van der Waals surface area contributed by atoms with E-state index in [9.17, 15) is 4.79 Å². The smallest absolute Gasteiger partial charge is 0.303 e. The fourth-order valence-electron chi connectivity index (χ4n) is 1.54. The first-order chi connectivity index (χ1) is 9.70. The van der Waals surface area contributed by atoms with Gasteiger partial charge in [0.2, 0.25) is 5.16 Å². The predicted molar refractivity (Wildman–Crippen MR) is 73.3 cm³/mol. The summed E-state index contributed by atoms with van der Waals surface area (Å²) in [4.78, 5) is 10.4. The minimum Gasteiger partial charge on any atom is -0.497 e. The van der Waals surface area contributed by atoms with Crippen LogP contribution in [0.25, 0.3) is 5.69 Å². The van der Waals surface area contributed by atoms with Gasteiger partial charge in [-0.05, 0) is 41.1 Å². The third kappa shape index (κ3) is 3.70. The number of benzene rings is 1. The third-order valence-corrected chi connectivity index (χ3v) is 3.53. The van der Waals surface area contributed by atoms with Crippen molar-refractivity contribution in [3.8, 4) is 11.4 Å². The first-order valence-corrected chi connectivity index (χ1v) is 6.96. The SMILES string of the molecule is COc1ccc(-n2nnnc2SCCCC(=O)O)cc1. The fraction of sp³-hybridized carbons (Fsp3) is 0.333. The summed E-state index contributed by atoms with van der Waals surface area (Å²) in [5.41, 5.74) is 0.830. The molecule has 106 valence electrons. The molecule has 8 heteroatoms. The Bertz CT molecular complexity index is 570. The number of carboxylic acid groups (broad SMARTS) is 1. The number of carbonyl (C=O) groups is 1. The molecule has 0 aliphatic carbocycles. The summed E-state index contributed by atoms with van der Waals surface area (Å²) < 4.78 is 6.71. The van der Waals surface area contributed by atoms with Crippen LogP contribution in [0, 0.1) is 0 Å². The van der Waals surface area contributed by atoms with E-state index in [2.05, 4.69) is 15.5 Å². The molecule has 0 bridgehead atoms. The Labute approximate surface area is 119 Å². The van der Waals surface area contributed by atoms with Crippen molar-refractivity contribution in [3.63, 3.8) is 0 Å². The second kappa shape index (κ2) is 6.90. The molecule has 0 atom stereocenters. The Morgan fingerprint density at radius 2 is 2.15 bits per heavy atom. The van der Waals surface area contributed by atoms with Gasteiger partial charge in [-0.15, -0.1) is 5.10 Å². The van der Waals surface area contributed by atoms with Gasteiger partial charge in [0.05, 0.1) is 12.8 Å². The van der Waals surface area contributed by atoms with Crippen molar-refractivity contribution in [2.24, 2.45) is 0 Å². The highest BCUT2D eigenvalue weighted by molar-refractivity contribution is 7.99. The van der Waals surface area contributed by atoms with Crippen LogP contribution >= 0.6 is 11.8 Å². The lowest BCUT2D eigenvalue weighted by Gasteiger charge is -2.05. The summed E-state index contributed by atoms with van der Waals surface area (Å²) in [6.07, 6.45) is 0.729. The van der Waals surface area contributed by atoms with Crippen LogP contribution in [-0.4, -0.2) is 44.1 Å². The summed E-state index contributed by atoms with van der Waals surface area (Å²) >= 11 is 1.43. The van der Waals surface area contributed by atoms with E-state index < -0.39 is 5.97 Å². The van der Waals surface area contributed by atoms with E-state index >= 15 is 0 Å².